The van der Waals surface area contributed by atoms with E-state index in [9.17, 15) is 14.4 Å². The number of nitrogens with one attached hydrogen (secondary N) is 3. The number of aryl methyl sites for hydroxylation is 1. The maximum Gasteiger partial charge on any atom is 0.339 e. The molecule has 2 aromatic carbocycles. The third-order valence-electron chi connectivity index (χ3n) is 5.85. The number of thiophene rings is 1. The van der Waals surface area contributed by atoms with Gasteiger partial charge in [-0.2, -0.15) is 0 Å². The van der Waals surface area contributed by atoms with E-state index in [1.807, 2.05) is 37.3 Å². The lowest BCUT2D eigenvalue weighted by molar-refractivity contribution is -0.115. The topological polar surface area (TPSA) is 96.5 Å². The van der Waals surface area contributed by atoms with Crippen LogP contribution in [0.25, 0.3) is 0 Å². The number of hydrogen-bond donors (Lipinski definition) is 3. The number of hydrogen-bond acceptors (Lipinski definition) is 6. The van der Waals surface area contributed by atoms with Crippen molar-refractivity contribution in [3.63, 3.8) is 0 Å². The van der Waals surface area contributed by atoms with Gasteiger partial charge in [0, 0.05) is 10.9 Å². The van der Waals surface area contributed by atoms with Crippen molar-refractivity contribution in [1.29, 1.82) is 0 Å². The van der Waals surface area contributed by atoms with E-state index in [4.69, 9.17) is 4.74 Å². The van der Waals surface area contributed by atoms with Crippen LogP contribution in [0, 0.1) is 0 Å². The molecule has 0 spiro atoms. The van der Waals surface area contributed by atoms with Gasteiger partial charge in [-0.3, -0.25) is 9.59 Å². The van der Waals surface area contributed by atoms with Gasteiger partial charge in [-0.05, 0) is 49.4 Å². The minimum atomic E-state index is -0.529. The second-order valence-corrected chi connectivity index (χ2v) is 9.22. The molecule has 1 aliphatic carbocycles. The van der Waals surface area contributed by atoms with Gasteiger partial charge in [0.25, 0.3) is 5.91 Å². The van der Waals surface area contributed by atoms with Crippen molar-refractivity contribution < 1.29 is 19.1 Å². The van der Waals surface area contributed by atoms with E-state index in [1.165, 1.54) is 18.4 Å². The van der Waals surface area contributed by atoms with Crippen molar-refractivity contribution in [3.05, 3.63) is 81.7 Å². The molecule has 3 N–H and O–H groups in total. The SMILES string of the molecule is COC(=O)c1ccccc1NC(=O)c1c(NC(=O)CN[C@H](C)c2ccccc2)sc2c1CCC2. The van der Waals surface area contributed by atoms with Crippen molar-refractivity contribution in [2.75, 3.05) is 24.3 Å². The molecule has 0 bridgehead atoms. The number of methoxy groups -OCH3 is 1. The number of benzene rings is 2. The van der Waals surface area contributed by atoms with Gasteiger partial charge in [-0.1, -0.05) is 42.5 Å². The maximum absolute atomic E-state index is 13.3. The van der Waals surface area contributed by atoms with Gasteiger partial charge in [0.1, 0.15) is 5.00 Å². The summed E-state index contributed by atoms with van der Waals surface area (Å²) in [6.07, 6.45) is 2.65. The van der Waals surface area contributed by atoms with Crippen LogP contribution >= 0.6 is 11.3 Å². The summed E-state index contributed by atoms with van der Waals surface area (Å²) < 4.78 is 4.83. The Labute approximate surface area is 202 Å². The maximum atomic E-state index is 13.3. The monoisotopic (exact) mass is 477 g/mol. The lowest BCUT2D eigenvalue weighted by Gasteiger charge is -2.15. The average molecular weight is 478 g/mol. The number of rotatable bonds is 8. The molecule has 3 aromatic rings. The zero-order chi connectivity index (χ0) is 24.1. The highest BCUT2D eigenvalue weighted by Crippen LogP contribution is 2.39. The van der Waals surface area contributed by atoms with Crippen LogP contribution in [-0.2, 0) is 22.4 Å². The Morgan fingerprint density at radius 1 is 1.00 bits per heavy atom. The Balaban J connectivity index is 1.49. The van der Waals surface area contributed by atoms with Gasteiger partial charge in [0.05, 0.1) is 30.5 Å². The smallest absolute Gasteiger partial charge is 0.339 e. The Bertz CT molecular complexity index is 1210. The highest BCUT2D eigenvalue weighted by molar-refractivity contribution is 7.17. The van der Waals surface area contributed by atoms with Crippen LogP contribution in [0.1, 0.15) is 56.1 Å². The van der Waals surface area contributed by atoms with Crippen LogP contribution < -0.4 is 16.0 Å². The Kier molecular flexibility index (Phi) is 7.40. The fraction of sp³-hybridized carbons (Fsp3) is 0.269. The lowest BCUT2D eigenvalue weighted by Crippen LogP contribution is -2.30. The molecule has 176 valence electrons. The molecule has 2 amide bonds. The predicted octanol–water partition coefficient (Wildman–Crippen LogP) is 4.57. The molecule has 0 saturated heterocycles. The van der Waals surface area contributed by atoms with Crippen LogP contribution in [0.3, 0.4) is 0 Å². The van der Waals surface area contributed by atoms with Crippen molar-refractivity contribution in [1.82, 2.24) is 5.32 Å². The third kappa shape index (κ3) is 5.18. The molecule has 0 radical (unpaired) electrons. The number of carbonyl (C=O) groups is 3. The first-order valence-electron chi connectivity index (χ1n) is 11.2. The summed E-state index contributed by atoms with van der Waals surface area (Å²) in [6, 6.07) is 16.6. The number of carbonyl (C=O) groups excluding carboxylic acids is 3. The molecule has 1 aromatic heterocycles. The van der Waals surface area contributed by atoms with Crippen molar-refractivity contribution in [2.24, 2.45) is 0 Å². The summed E-state index contributed by atoms with van der Waals surface area (Å²) in [5.74, 6) is -1.10. The second-order valence-electron chi connectivity index (χ2n) is 8.11. The first kappa shape index (κ1) is 23.7. The first-order chi connectivity index (χ1) is 16.5. The Morgan fingerprint density at radius 3 is 2.50 bits per heavy atom. The molecule has 0 fully saturated rings. The summed E-state index contributed by atoms with van der Waals surface area (Å²) in [7, 11) is 1.30. The van der Waals surface area contributed by atoms with Gasteiger partial charge in [-0.25, -0.2) is 4.79 Å². The summed E-state index contributed by atoms with van der Waals surface area (Å²) in [5.41, 5.74) is 3.18. The van der Waals surface area contributed by atoms with E-state index in [0.717, 1.165) is 35.3 Å². The van der Waals surface area contributed by atoms with E-state index in [-0.39, 0.29) is 30.0 Å². The minimum Gasteiger partial charge on any atom is -0.465 e. The lowest BCUT2D eigenvalue weighted by atomic mass is 10.1. The molecule has 34 heavy (non-hydrogen) atoms. The van der Waals surface area contributed by atoms with Crippen LogP contribution in [0.15, 0.2) is 54.6 Å². The number of para-hydroxylation sites is 1. The number of amides is 2. The number of esters is 1. The predicted molar refractivity (Wildman–Crippen MR) is 134 cm³/mol. The largest absolute Gasteiger partial charge is 0.465 e. The number of fused-ring (bicyclic) bond motifs is 1. The quantitative estimate of drug-likeness (QED) is 0.413. The normalized spacial score (nSPS) is 13.1. The van der Waals surface area contributed by atoms with Crippen molar-refractivity contribution >= 4 is 39.8 Å². The third-order valence-corrected chi connectivity index (χ3v) is 7.06. The summed E-state index contributed by atoms with van der Waals surface area (Å²) in [5, 5.41) is 9.53. The van der Waals surface area contributed by atoms with Gasteiger partial charge in [0.2, 0.25) is 5.91 Å². The van der Waals surface area contributed by atoms with Crippen LogP contribution in [0.4, 0.5) is 10.7 Å². The summed E-state index contributed by atoms with van der Waals surface area (Å²) in [6.45, 7) is 2.12. The molecule has 0 aliphatic heterocycles. The fourth-order valence-electron chi connectivity index (χ4n) is 4.07. The molecular formula is C26H27N3O4S. The zero-order valence-corrected chi connectivity index (χ0v) is 20.0. The highest BCUT2D eigenvalue weighted by atomic mass is 32.1. The fourth-order valence-corrected chi connectivity index (χ4v) is 5.38. The average Bonchev–Trinajstić information content (AvgIpc) is 3.43. The van der Waals surface area contributed by atoms with Crippen molar-refractivity contribution in [3.8, 4) is 0 Å². The highest BCUT2D eigenvalue weighted by Gasteiger charge is 2.28. The van der Waals surface area contributed by atoms with Gasteiger partial charge in [-0.15, -0.1) is 11.3 Å². The van der Waals surface area contributed by atoms with Gasteiger partial charge in [0.15, 0.2) is 0 Å². The zero-order valence-electron chi connectivity index (χ0n) is 19.1. The van der Waals surface area contributed by atoms with E-state index < -0.39 is 5.97 Å². The van der Waals surface area contributed by atoms with Gasteiger partial charge >= 0.3 is 5.97 Å². The minimum absolute atomic E-state index is 0.0119. The molecule has 8 heteroatoms. The van der Waals surface area contributed by atoms with Crippen LogP contribution in [0.5, 0.6) is 0 Å². The van der Waals surface area contributed by atoms with E-state index in [0.29, 0.717) is 16.3 Å². The standard InChI is InChI=1S/C26H27N3O4S/c1-16(17-9-4-3-5-10-17)27-15-22(30)29-25-23(19-12-8-14-21(19)34-25)24(31)28-20-13-7-6-11-18(20)26(32)33-2/h3-7,9-11,13,16,27H,8,12,14-15H2,1-2H3,(H,28,31)(H,29,30)/t16-/m1/s1. The van der Waals surface area contributed by atoms with E-state index in [1.54, 1.807) is 24.3 Å². The first-order valence-corrected chi connectivity index (χ1v) is 12.0. The number of ether oxygens (including phenoxy) is 1. The molecule has 0 saturated carbocycles. The van der Waals surface area contributed by atoms with Crippen molar-refractivity contribution in [2.45, 2.75) is 32.2 Å². The molecule has 0 unspecified atom stereocenters. The Hall–Kier alpha value is -3.49. The summed E-state index contributed by atoms with van der Waals surface area (Å²) in [4.78, 5) is 39.3. The second kappa shape index (κ2) is 10.6. The van der Waals surface area contributed by atoms with Crippen LogP contribution in [-0.4, -0.2) is 31.4 Å². The van der Waals surface area contributed by atoms with Gasteiger partial charge < -0.3 is 20.7 Å². The molecule has 1 heterocycles. The Morgan fingerprint density at radius 2 is 1.74 bits per heavy atom. The molecule has 1 atom stereocenters. The van der Waals surface area contributed by atoms with E-state index >= 15 is 0 Å². The molecular weight excluding hydrogens is 450 g/mol. The molecule has 1 aliphatic rings. The molecule has 4 rings (SSSR count). The number of anilines is 2. The van der Waals surface area contributed by atoms with Crippen LogP contribution in [0.2, 0.25) is 0 Å². The summed E-state index contributed by atoms with van der Waals surface area (Å²) >= 11 is 1.45. The van der Waals surface area contributed by atoms with E-state index in [2.05, 4.69) is 16.0 Å². The molecule has 7 nitrogen and oxygen atoms in total.